The minimum atomic E-state index is -3.54. The van der Waals surface area contributed by atoms with Crippen molar-refractivity contribution in [2.75, 3.05) is 13.1 Å². The van der Waals surface area contributed by atoms with Crippen LogP contribution in [-0.4, -0.2) is 31.6 Å². The minimum absolute atomic E-state index is 0.0315. The van der Waals surface area contributed by atoms with Gasteiger partial charge in [0.25, 0.3) is 10.0 Å². The lowest BCUT2D eigenvalue weighted by Gasteiger charge is -2.06. The molecule has 0 aliphatic carbocycles. The van der Waals surface area contributed by atoms with E-state index >= 15 is 0 Å². The minimum Gasteiger partial charge on any atom is -0.356 e. The van der Waals surface area contributed by atoms with E-state index in [1.54, 1.807) is 12.1 Å². The summed E-state index contributed by atoms with van der Waals surface area (Å²) in [5, 5.41) is 7.28. The Morgan fingerprint density at radius 2 is 1.81 bits per heavy atom. The zero-order valence-corrected chi connectivity index (χ0v) is 14.9. The first-order valence-electron chi connectivity index (χ1n) is 8.27. The maximum Gasteiger partial charge on any atom is 0.258 e. The average molecular weight is 372 g/mol. The van der Waals surface area contributed by atoms with Crippen LogP contribution in [0.2, 0.25) is 0 Å². The van der Waals surface area contributed by atoms with E-state index in [-0.39, 0.29) is 5.03 Å². The third kappa shape index (κ3) is 4.98. The van der Waals surface area contributed by atoms with Gasteiger partial charge in [-0.05, 0) is 25.1 Å². The summed E-state index contributed by atoms with van der Waals surface area (Å²) in [6, 6.07) is 16.5. The topological polar surface area (TPSA) is 97.1 Å². The number of sulfonamides is 1. The molecule has 0 aliphatic heterocycles. The number of rotatable bonds is 9. The molecule has 2 N–H and O–H groups in total. The second kappa shape index (κ2) is 8.70. The van der Waals surface area contributed by atoms with Crippen molar-refractivity contribution in [3.63, 3.8) is 0 Å². The van der Waals surface area contributed by atoms with Crippen molar-refractivity contribution in [2.45, 2.75) is 18.0 Å². The smallest absolute Gasteiger partial charge is 0.258 e. The molecular weight excluding hydrogens is 352 g/mol. The number of pyridine rings is 1. The van der Waals surface area contributed by atoms with Gasteiger partial charge in [0.05, 0.1) is 5.69 Å². The average Bonchev–Trinajstić information content (AvgIpc) is 3.15. The Kier molecular flexibility index (Phi) is 6.11. The molecule has 0 amide bonds. The Morgan fingerprint density at radius 1 is 1.00 bits per heavy atom. The third-order valence-corrected chi connectivity index (χ3v) is 5.04. The largest absolute Gasteiger partial charge is 0.356 e. The first-order chi connectivity index (χ1) is 12.6. The van der Waals surface area contributed by atoms with Crippen molar-refractivity contribution in [1.82, 2.24) is 20.2 Å². The van der Waals surface area contributed by atoms with Gasteiger partial charge in [-0.3, -0.25) is 0 Å². The lowest BCUT2D eigenvalue weighted by atomic mass is 10.2. The maximum atomic E-state index is 12.0. The van der Waals surface area contributed by atoms with Gasteiger partial charge in [-0.25, -0.2) is 18.1 Å². The SMILES string of the molecule is O=S(=O)(NCCCNCc1cc(-c2ccccc2)on1)c1ccccn1. The molecule has 0 bridgehead atoms. The van der Waals surface area contributed by atoms with E-state index in [0.29, 0.717) is 26.1 Å². The predicted octanol–water partition coefficient (Wildman–Crippen LogP) is 2.19. The lowest BCUT2D eigenvalue weighted by Crippen LogP contribution is -2.28. The van der Waals surface area contributed by atoms with Crippen LogP contribution in [0.25, 0.3) is 11.3 Å². The van der Waals surface area contributed by atoms with E-state index in [4.69, 9.17) is 4.52 Å². The molecule has 8 heteroatoms. The molecule has 1 aromatic carbocycles. The quantitative estimate of drug-likeness (QED) is 0.559. The van der Waals surface area contributed by atoms with Crippen LogP contribution in [-0.2, 0) is 16.6 Å². The van der Waals surface area contributed by atoms with Crippen LogP contribution < -0.4 is 10.0 Å². The molecule has 26 heavy (non-hydrogen) atoms. The van der Waals surface area contributed by atoms with Crippen LogP contribution in [0.4, 0.5) is 0 Å². The van der Waals surface area contributed by atoms with Crippen molar-refractivity contribution >= 4 is 10.0 Å². The van der Waals surface area contributed by atoms with Crippen molar-refractivity contribution in [1.29, 1.82) is 0 Å². The van der Waals surface area contributed by atoms with E-state index in [0.717, 1.165) is 17.0 Å². The van der Waals surface area contributed by atoms with Gasteiger partial charge in [-0.15, -0.1) is 0 Å². The number of benzene rings is 1. The van der Waals surface area contributed by atoms with Gasteiger partial charge in [0.2, 0.25) is 0 Å². The molecule has 0 spiro atoms. The van der Waals surface area contributed by atoms with Gasteiger partial charge < -0.3 is 9.84 Å². The van der Waals surface area contributed by atoms with Crippen LogP contribution in [0.1, 0.15) is 12.1 Å². The molecule has 0 fully saturated rings. The lowest BCUT2D eigenvalue weighted by molar-refractivity contribution is 0.420. The summed E-state index contributed by atoms with van der Waals surface area (Å²) in [6.07, 6.45) is 2.10. The third-order valence-electron chi connectivity index (χ3n) is 3.66. The number of nitrogens with one attached hydrogen (secondary N) is 2. The van der Waals surface area contributed by atoms with Crippen molar-refractivity contribution in [3.8, 4) is 11.3 Å². The van der Waals surface area contributed by atoms with Gasteiger partial charge in [0, 0.05) is 30.9 Å². The molecule has 7 nitrogen and oxygen atoms in total. The second-order valence-electron chi connectivity index (χ2n) is 5.64. The summed E-state index contributed by atoms with van der Waals surface area (Å²) >= 11 is 0. The van der Waals surface area contributed by atoms with E-state index in [1.807, 2.05) is 36.4 Å². The summed E-state index contributed by atoms with van der Waals surface area (Å²) in [5.74, 6) is 0.727. The van der Waals surface area contributed by atoms with Crippen LogP contribution in [0.5, 0.6) is 0 Å². The highest BCUT2D eigenvalue weighted by atomic mass is 32.2. The Hall–Kier alpha value is -2.55. The van der Waals surface area contributed by atoms with Gasteiger partial charge in [0.1, 0.15) is 0 Å². The predicted molar refractivity (Wildman–Crippen MR) is 97.7 cm³/mol. The summed E-state index contributed by atoms with van der Waals surface area (Å²) < 4.78 is 31.9. The van der Waals surface area contributed by atoms with E-state index in [1.165, 1.54) is 12.3 Å². The summed E-state index contributed by atoms with van der Waals surface area (Å²) in [7, 11) is -3.54. The first-order valence-corrected chi connectivity index (χ1v) is 9.76. The number of hydrogen-bond donors (Lipinski definition) is 2. The highest BCUT2D eigenvalue weighted by Gasteiger charge is 2.13. The Morgan fingerprint density at radius 3 is 2.58 bits per heavy atom. The second-order valence-corrected chi connectivity index (χ2v) is 7.36. The zero-order valence-electron chi connectivity index (χ0n) is 14.1. The molecule has 0 saturated carbocycles. The monoisotopic (exact) mass is 372 g/mol. The number of aromatic nitrogens is 2. The summed E-state index contributed by atoms with van der Waals surface area (Å²) in [6.45, 7) is 1.54. The van der Waals surface area contributed by atoms with Gasteiger partial charge in [0.15, 0.2) is 10.8 Å². The van der Waals surface area contributed by atoms with Gasteiger partial charge in [-0.2, -0.15) is 0 Å². The van der Waals surface area contributed by atoms with Gasteiger partial charge >= 0.3 is 0 Å². The molecule has 2 aromatic heterocycles. The first kappa shape index (κ1) is 18.2. The van der Waals surface area contributed by atoms with Crippen LogP contribution >= 0.6 is 0 Å². The fourth-order valence-electron chi connectivity index (χ4n) is 2.35. The Labute approximate surface area is 152 Å². The molecule has 0 unspecified atom stereocenters. The van der Waals surface area contributed by atoms with Crippen molar-refractivity contribution in [2.24, 2.45) is 0 Å². The fraction of sp³-hybridized carbons (Fsp3) is 0.222. The van der Waals surface area contributed by atoms with Crippen molar-refractivity contribution < 1.29 is 12.9 Å². The normalized spacial score (nSPS) is 11.5. The molecule has 0 radical (unpaired) electrons. The molecule has 3 rings (SSSR count). The van der Waals surface area contributed by atoms with Crippen molar-refractivity contribution in [3.05, 3.63) is 66.5 Å². The molecular formula is C18H20N4O3S. The highest BCUT2D eigenvalue weighted by molar-refractivity contribution is 7.89. The Balaban J connectivity index is 1.38. The fourth-order valence-corrected chi connectivity index (χ4v) is 3.37. The number of nitrogens with zero attached hydrogens (tertiary/aromatic N) is 2. The molecule has 0 atom stereocenters. The maximum absolute atomic E-state index is 12.0. The molecule has 0 saturated heterocycles. The van der Waals surface area contributed by atoms with E-state index < -0.39 is 10.0 Å². The molecule has 2 heterocycles. The summed E-state index contributed by atoms with van der Waals surface area (Å²) in [4.78, 5) is 3.85. The standard InChI is InChI=1S/C18H20N4O3S/c23-26(24,18-9-4-5-11-20-18)21-12-6-10-19-14-16-13-17(25-22-16)15-7-2-1-3-8-15/h1-5,7-9,11,13,19,21H,6,10,12,14H2. The molecule has 3 aromatic rings. The van der Waals surface area contributed by atoms with E-state index in [9.17, 15) is 8.42 Å². The van der Waals surface area contributed by atoms with Crippen LogP contribution in [0, 0.1) is 0 Å². The Bertz CT molecular complexity index is 912. The molecule has 0 aliphatic rings. The van der Waals surface area contributed by atoms with E-state index in [2.05, 4.69) is 20.2 Å². The van der Waals surface area contributed by atoms with Crippen LogP contribution in [0.3, 0.4) is 0 Å². The van der Waals surface area contributed by atoms with Crippen LogP contribution in [0.15, 0.2) is 70.3 Å². The zero-order chi connectivity index (χ0) is 18.2. The number of hydrogen-bond acceptors (Lipinski definition) is 6. The highest BCUT2D eigenvalue weighted by Crippen LogP contribution is 2.19. The molecule has 136 valence electrons. The van der Waals surface area contributed by atoms with Gasteiger partial charge in [-0.1, -0.05) is 41.6 Å². The summed E-state index contributed by atoms with van der Waals surface area (Å²) in [5.41, 5.74) is 1.79.